The van der Waals surface area contributed by atoms with Crippen molar-refractivity contribution in [3.8, 4) is 0 Å². The van der Waals surface area contributed by atoms with E-state index in [1.54, 1.807) is 0 Å². The molecule has 0 saturated heterocycles. The molecule has 0 aliphatic carbocycles. The third-order valence-electron chi connectivity index (χ3n) is 9.86. The summed E-state index contributed by atoms with van der Waals surface area (Å²) >= 11 is 0. The van der Waals surface area contributed by atoms with Crippen molar-refractivity contribution in [3.63, 3.8) is 0 Å². The van der Waals surface area contributed by atoms with E-state index in [9.17, 15) is 9.59 Å². The Balaban J connectivity index is 4.48. The highest BCUT2D eigenvalue weighted by molar-refractivity contribution is 5.70. The fourth-order valence-electron chi connectivity index (χ4n) is 6.21. The van der Waals surface area contributed by atoms with Gasteiger partial charge in [-0.1, -0.05) is 199 Å². The summed E-state index contributed by atoms with van der Waals surface area (Å²) in [6.07, 6.45) is 77.3. The molecule has 0 heterocycles. The van der Waals surface area contributed by atoms with Crippen LogP contribution in [0.3, 0.4) is 0 Å². The Hall–Kier alpha value is -4.22. The molecule has 0 aromatic carbocycles. The highest BCUT2D eigenvalue weighted by Crippen LogP contribution is 2.11. The molecule has 5 nitrogen and oxygen atoms in total. The summed E-state index contributed by atoms with van der Waals surface area (Å²) in [5.74, 6) is -0.549. The first-order chi connectivity index (χ1) is 31.6. The smallest absolute Gasteiger partial charge is 0.306 e. The van der Waals surface area contributed by atoms with Crippen LogP contribution in [0.4, 0.5) is 0 Å². The van der Waals surface area contributed by atoms with Gasteiger partial charge in [-0.15, -0.1) is 0 Å². The van der Waals surface area contributed by atoms with E-state index in [4.69, 9.17) is 14.2 Å². The monoisotopic (exact) mass is 881 g/mol. The van der Waals surface area contributed by atoms with Crippen LogP contribution in [-0.4, -0.2) is 37.9 Å². The summed E-state index contributed by atoms with van der Waals surface area (Å²) < 4.78 is 17.3. The molecule has 5 heteroatoms. The number of carbonyl (C=O) groups is 2. The Bertz CT molecular complexity index is 1410. The third kappa shape index (κ3) is 50.4. The summed E-state index contributed by atoms with van der Waals surface area (Å²) in [5, 5.41) is 0. The highest BCUT2D eigenvalue weighted by Gasteiger charge is 2.17. The molecule has 0 fully saturated rings. The summed E-state index contributed by atoms with van der Waals surface area (Å²) in [6, 6.07) is 0. The van der Waals surface area contributed by atoms with Crippen LogP contribution in [0.1, 0.15) is 188 Å². The molecule has 1 atom stereocenters. The maximum absolute atomic E-state index is 12.8. The summed E-state index contributed by atoms with van der Waals surface area (Å²) in [6.45, 7) is 7.32. The zero-order valence-corrected chi connectivity index (χ0v) is 41.0. The fourth-order valence-corrected chi connectivity index (χ4v) is 6.21. The van der Waals surface area contributed by atoms with Crippen molar-refractivity contribution < 1.29 is 23.8 Å². The van der Waals surface area contributed by atoms with Crippen LogP contribution in [0.5, 0.6) is 0 Å². The Morgan fingerprint density at radius 3 is 1.11 bits per heavy atom. The standard InChI is InChI=1S/C59H92O5/c1-4-7-10-13-16-19-22-25-27-29-30-31-32-35-37-40-43-46-49-52-58(60)63-56-57(64-59(61)53-50-47-44-41-38-34-24-21-18-15-12-9-6-3)55-62-54-51-48-45-42-39-36-33-28-26-23-20-17-14-11-8-5-2/h7-12,16-21,25-28,30-31,34-35,37-38,43,46,57H,4-6,13-15,22-24,29,32-33,36,39-42,44-45,47-56H2,1-3H3/b10-7-,11-8-,12-9-,19-16-,20-17-,21-18-,27-25-,28-26-,31-30-,37-35-,38-34-,46-43-. The van der Waals surface area contributed by atoms with Gasteiger partial charge in [0.15, 0.2) is 6.10 Å². The van der Waals surface area contributed by atoms with Crippen molar-refractivity contribution in [2.24, 2.45) is 0 Å². The lowest BCUT2D eigenvalue weighted by Gasteiger charge is -2.18. The van der Waals surface area contributed by atoms with Gasteiger partial charge in [-0.3, -0.25) is 9.59 Å². The molecule has 64 heavy (non-hydrogen) atoms. The molecule has 0 spiro atoms. The molecule has 0 rings (SSSR count). The lowest BCUT2D eigenvalue weighted by molar-refractivity contribution is -0.162. The second-order valence-corrected chi connectivity index (χ2v) is 15.9. The summed E-state index contributed by atoms with van der Waals surface area (Å²) in [4.78, 5) is 25.4. The van der Waals surface area contributed by atoms with Crippen LogP contribution in [-0.2, 0) is 23.8 Å². The number of esters is 2. The highest BCUT2D eigenvalue weighted by atomic mass is 16.6. The van der Waals surface area contributed by atoms with Crippen LogP contribution in [0.25, 0.3) is 0 Å². The second-order valence-electron chi connectivity index (χ2n) is 15.9. The van der Waals surface area contributed by atoms with Crippen LogP contribution in [0, 0.1) is 0 Å². The van der Waals surface area contributed by atoms with Crippen molar-refractivity contribution in [1.29, 1.82) is 0 Å². The van der Waals surface area contributed by atoms with Gasteiger partial charge < -0.3 is 14.2 Å². The van der Waals surface area contributed by atoms with E-state index in [2.05, 4.69) is 161 Å². The maximum atomic E-state index is 12.8. The molecule has 0 saturated carbocycles. The van der Waals surface area contributed by atoms with Gasteiger partial charge in [0, 0.05) is 19.4 Å². The quantitative estimate of drug-likeness (QED) is 0.0347. The van der Waals surface area contributed by atoms with E-state index in [0.29, 0.717) is 19.4 Å². The van der Waals surface area contributed by atoms with Gasteiger partial charge in [-0.05, 0) is 122 Å². The molecule has 0 N–H and O–H groups in total. The van der Waals surface area contributed by atoms with Crippen LogP contribution >= 0.6 is 0 Å². The van der Waals surface area contributed by atoms with E-state index < -0.39 is 6.10 Å². The van der Waals surface area contributed by atoms with Crippen molar-refractivity contribution >= 4 is 11.9 Å². The SMILES string of the molecule is CC/C=C\C/C=C\C/C=C\C/C=C\C/C=C\C/C=C\CCC(=O)OCC(COCCCCCCCC/C=C\C/C=C\C/C=C\CC)OC(=O)CCCCC/C=C\C/C=C\C/C=C\CC. The van der Waals surface area contributed by atoms with Gasteiger partial charge in [0.1, 0.15) is 6.61 Å². The second kappa shape index (κ2) is 53.1. The molecular weight excluding hydrogens is 789 g/mol. The molecule has 0 bridgehead atoms. The first-order valence-electron chi connectivity index (χ1n) is 25.4. The number of rotatable bonds is 44. The third-order valence-corrected chi connectivity index (χ3v) is 9.86. The Labute approximate surface area is 393 Å². The van der Waals surface area contributed by atoms with Gasteiger partial charge in [0.2, 0.25) is 0 Å². The van der Waals surface area contributed by atoms with E-state index in [1.807, 2.05) is 6.08 Å². The topological polar surface area (TPSA) is 61.8 Å². The zero-order chi connectivity index (χ0) is 46.3. The van der Waals surface area contributed by atoms with Gasteiger partial charge in [-0.25, -0.2) is 0 Å². The Morgan fingerprint density at radius 1 is 0.344 bits per heavy atom. The largest absolute Gasteiger partial charge is 0.462 e. The van der Waals surface area contributed by atoms with Crippen molar-refractivity contribution in [3.05, 3.63) is 146 Å². The average molecular weight is 881 g/mol. The van der Waals surface area contributed by atoms with Gasteiger partial charge >= 0.3 is 11.9 Å². The van der Waals surface area contributed by atoms with Crippen molar-refractivity contribution in [1.82, 2.24) is 0 Å². The van der Waals surface area contributed by atoms with Crippen LogP contribution in [0.15, 0.2) is 146 Å². The molecular formula is C59H92O5. The minimum absolute atomic E-state index is 0.0174. The van der Waals surface area contributed by atoms with Crippen molar-refractivity contribution in [2.45, 2.75) is 194 Å². The van der Waals surface area contributed by atoms with E-state index in [1.165, 1.54) is 25.7 Å². The zero-order valence-electron chi connectivity index (χ0n) is 41.0. The van der Waals surface area contributed by atoms with Crippen molar-refractivity contribution in [2.75, 3.05) is 19.8 Å². The average Bonchev–Trinajstić information content (AvgIpc) is 3.30. The predicted octanol–water partition coefficient (Wildman–Crippen LogP) is 17.3. The summed E-state index contributed by atoms with van der Waals surface area (Å²) in [5.41, 5.74) is 0. The molecule has 1 unspecified atom stereocenters. The molecule has 0 radical (unpaired) electrons. The first kappa shape index (κ1) is 59.8. The molecule has 0 aromatic heterocycles. The Kier molecular flexibility index (Phi) is 49.6. The number of allylic oxidation sites excluding steroid dienone is 24. The number of carbonyl (C=O) groups excluding carboxylic acids is 2. The molecule has 0 aliphatic rings. The minimum Gasteiger partial charge on any atom is -0.462 e. The molecule has 0 aliphatic heterocycles. The minimum atomic E-state index is -0.600. The van der Waals surface area contributed by atoms with Crippen LogP contribution < -0.4 is 0 Å². The Morgan fingerprint density at radius 2 is 0.688 bits per heavy atom. The predicted molar refractivity (Wildman–Crippen MR) is 278 cm³/mol. The number of unbranched alkanes of at least 4 members (excludes halogenated alkanes) is 9. The number of hydrogen-bond donors (Lipinski definition) is 0. The number of ether oxygens (including phenoxy) is 3. The summed E-state index contributed by atoms with van der Waals surface area (Å²) in [7, 11) is 0. The first-order valence-corrected chi connectivity index (χ1v) is 25.4. The van der Waals surface area contributed by atoms with E-state index >= 15 is 0 Å². The fraction of sp³-hybridized carbons (Fsp3) is 0.559. The van der Waals surface area contributed by atoms with Gasteiger partial charge in [-0.2, -0.15) is 0 Å². The lowest BCUT2D eigenvalue weighted by Crippen LogP contribution is -2.30. The number of hydrogen-bond acceptors (Lipinski definition) is 5. The lowest BCUT2D eigenvalue weighted by atomic mass is 10.1. The molecule has 0 aromatic rings. The molecule has 358 valence electrons. The van der Waals surface area contributed by atoms with Crippen LogP contribution in [0.2, 0.25) is 0 Å². The molecule has 0 amide bonds. The normalized spacial score (nSPS) is 13.5. The maximum Gasteiger partial charge on any atom is 0.306 e. The van der Waals surface area contributed by atoms with Gasteiger partial charge in [0.05, 0.1) is 6.61 Å². The van der Waals surface area contributed by atoms with Gasteiger partial charge in [0.25, 0.3) is 0 Å². The van der Waals surface area contributed by atoms with E-state index in [0.717, 1.165) is 122 Å². The van der Waals surface area contributed by atoms with E-state index in [-0.39, 0.29) is 31.6 Å².